The average molecular weight is 208 g/mol. The van der Waals surface area contributed by atoms with Gasteiger partial charge in [0.1, 0.15) is 11.6 Å². The summed E-state index contributed by atoms with van der Waals surface area (Å²) in [5.41, 5.74) is 0.602. The number of Topliss-reactive ketones (excluding diaryl/α,β-unsaturated/α-hetero) is 1. The summed E-state index contributed by atoms with van der Waals surface area (Å²) in [4.78, 5) is 11.7. The molecular formula is C12H10F2O. The molecule has 2 rings (SSSR count). The Morgan fingerprint density at radius 1 is 1.27 bits per heavy atom. The minimum atomic E-state index is -0.784. The van der Waals surface area contributed by atoms with Crippen molar-refractivity contribution in [1.29, 1.82) is 0 Å². The van der Waals surface area contributed by atoms with Crippen molar-refractivity contribution in [2.75, 3.05) is 0 Å². The van der Waals surface area contributed by atoms with E-state index in [2.05, 4.69) is 0 Å². The summed E-state index contributed by atoms with van der Waals surface area (Å²) in [7, 11) is 0. The zero-order valence-corrected chi connectivity index (χ0v) is 8.09. The number of ketones is 1. The van der Waals surface area contributed by atoms with Crippen LogP contribution >= 0.6 is 0 Å². The van der Waals surface area contributed by atoms with E-state index in [4.69, 9.17) is 0 Å². The van der Waals surface area contributed by atoms with Gasteiger partial charge in [-0.05, 0) is 37.0 Å². The Morgan fingerprint density at radius 3 is 2.67 bits per heavy atom. The molecule has 1 aliphatic rings. The molecule has 15 heavy (non-hydrogen) atoms. The highest BCUT2D eigenvalue weighted by atomic mass is 19.1. The molecular weight excluding hydrogens is 198 g/mol. The second-order valence-corrected chi connectivity index (χ2v) is 3.57. The van der Waals surface area contributed by atoms with Crippen LogP contribution in [0.3, 0.4) is 0 Å². The van der Waals surface area contributed by atoms with Crippen LogP contribution in [-0.4, -0.2) is 5.78 Å². The van der Waals surface area contributed by atoms with Crippen molar-refractivity contribution in [2.45, 2.75) is 19.3 Å². The summed E-state index contributed by atoms with van der Waals surface area (Å²) in [6.07, 6.45) is 4.31. The van der Waals surface area contributed by atoms with Crippen LogP contribution in [0.4, 0.5) is 8.78 Å². The minimum absolute atomic E-state index is 0.0375. The molecule has 78 valence electrons. The van der Waals surface area contributed by atoms with Crippen molar-refractivity contribution >= 4 is 5.78 Å². The highest BCUT2D eigenvalue weighted by Crippen LogP contribution is 2.23. The number of hydrogen-bond acceptors (Lipinski definition) is 1. The smallest absolute Gasteiger partial charge is 0.191 e. The monoisotopic (exact) mass is 208 g/mol. The standard InChI is InChI=1S/C12H10F2O/c13-9-5-6-10(11(14)7-9)12(15)8-3-1-2-4-8/h3,5-7H,1-2,4H2. The van der Waals surface area contributed by atoms with Gasteiger partial charge in [-0.15, -0.1) is 0 Å². The molecule has 1 aromatic rings. The maximum atomic E-state index is 13.3. The molecule has 0 saturated heterocycles. The van der Waals surface area contributed by atoms with Crippen LogP contribution in [0.25, 0.3) is 0 Å². The van der Waals surface area contributed by atoms with Crippen LogP contribution in [0, 0.1) is 11.6 Å². The van der Waals surface area contributed by atoms with E-state index in [0.29, 0.717) is 12.0 Å². The Morgan fingerprint density at radius 2 is 2.07 bits per heavy atom. The summed E-state index contributed by atoms with van der Waals surface area (Å²) in [5, 5.41) is 0. The second kappa shape index (κ2) is 3.93. The number of rotatable bonds is 2. The predicted octanol–water partition coefficient (Wildman–Crippen LogP) is 3.26. The van der Waals surface area contributed by atoms with Gasteiger partial charge in [0.15, 0.2) is 5.78 Å². The topological polar surface area (TPSA) is 17.1 Å². The van der Waals surface area contributed by atoms with Crippen molar-refractivity contribution in [3.8, 4) is 0 Å². The Balaban J connectivity index is 2.33. The molecule has 0 aliphatic heterocycles. The molecule has 1 aromatic carbocycles. The predicted molar refractivity (Wildman–Crippen MR) is 52.6 cm³/mol. The van der Waals surface area contributed by atoms with E-state index >= 15 is 0 Å². The number of halogens is 2. The molecule has 0 radical (unpaired) electrons. The fraction of sp³-hybridized carbons (Fsp3) is 0.250. The summed E-state index contributed by atoms with van der Waals surface area (Å²) >= 11 is 0. The quantitative estimate of drug-likeness (QED) is 0.682. The van der Waals surface area contributed by atoms with E-state index in [-0.39, 0.29) is 11.3 Å². The Bertz CT molecular complexity index is 435. The van der Waals surface area contributed by atoms with Gasteiger partial charge in [-0.2, -0.15) is 0 Å². The third kappa shape index (κ3) is 1.96. The lowest BCUT2D eigenvalue weighted by atomic mass is 10.0. The number of carbonyl (C=O) groups excluding carboxylic acids is 1. The summed E-state index contributed by atoms with van der Waals surface area (Å²) in [5.74, 6) is -1.76. The van der Waals surface area contributed by atoms with Crippen molar-refractivity contribution in [3.63, 3.8) is 0 Å². The lowest BCUT2D eigenvalue weighted by molar-refractivity contribution is 0.102. The second-order valence-electron chi connectivity index (χ2n) is 3.57. The Hall–Kier alpha value is -1.51. The third-order valence-electron chi connectivity index (χ3n) is 2.51. The van der Waals surface area contributed by atoms with Crippen LogP contribution in [-0.2, 0) is 0 Å². The zero-order valence-electron chi connectivity index (χ0n) is 8.09. The van der Waals surface area contributed by atoms with E-state index in [1.165, 1.54) is 6.07 Å². The number of hydrogen-bond donors (Lipinski definition) is 0. The highest BCUT2D eigenvalue weighted by Gasteiger charge is 2.18. The first-order valence-electron chi connectivity index (χ1n) is 4.87. The van der Waals surface area contributed by atoms with E-state index in [1.807, 2.05) is 6.08 Å². The Kier molecular flexibility index (Phi) is 2.62. The average Bonchev–Trinajstić information content (AvgIpc) is 2.69. The summed E-state index contributed by atoms with van der Waals surface area (Å²) in [6, 6.07) is 3.04. The largest absolute Gasteiger partial charge is 0.289 e. The van der Waals surface area contributed by atoms with E-state index < -0.39 is 11.6 Å². The van der Waals surface area contributed by atoms with Gasteiger partial charge >= 0.3 is 0 Å². The molecule has 0 unspecified atom stereocenters. The molecule has 0 heterocycles. The normalized spacial score (nSPS) is 15.2. The molecule has 0 N–H and O–H groups in total. The van der Waals surface area contributed by atoms with E-state index in [0.717, 1.165) is 25.0 Å². The van der Waals surface area contributed by atoms with Crippen molar-refractivity contribution in [1.82, 2.24) is 0 Å². The molecule has 1 aliphatic carbocycles. The van der Waals surface area contributed by atoms with Gasteiger partial charge in [0.05, 0.1) is 5.56 Å². The Labute approximate surface area is 86.4 Å². The van der Waals surface area contributed by atoms with Gasteiger partial charge in [-0.25, -0.2) is 8.78 Å². The molecule has 0 spiro atoms. The van der Waals surface area contributed by atoms with E-state index in [9.17, 15) is 13.6 Å². The van der Waals surface area contributed by atoms with Gasteiger partial charge in [0, 0.05) is 6.07 Å². The van der Waals surface area contributed by atoms with E-state index in [1.54, 1.807) is 0 Å². The molecule has 1 nitrogen and oxygen atoms in total. The highest BCUT2D eigenvalue weighted by molar-refractivity contribution is 6.09. The minimum Gasteiger partial charge on any atom is -0.289 e. The SMILES string of the molecule is O=C(C1=CCCC1)c1ccc(F)cc1F. The number of carbonyl (C=O) groups is 1. The van der Waals surface area contributed by atoms with Crippen LogP contribution in [0.5, 0.6) is 0 Å². The van der Waals surface area contributed by atoms with Crippen LogP contribution < -0.4 is 0 Å². The van der Waals surface area contributed by atoms with Gasteiger partial charge in [-0.3, -0.25) is 4.79 Å². The van der Waals surface area contributed by atoms with Crippen LogP contribution in [0.15, 0.2) is 29.8 Å². The molecule has 0 bridgehead atoms. The maximum Gasteiger partial charge on any atom is 0.191 e. The number of allylic oxidation sites excluding steroid dienone is 2. The van der Waals surface area contributed by atoms with Gasteiger partial charge in [-0.1, -0.05) is 6.08 Å². The molecule has 0 amide bonds. The fourth-order valence-electron chi connectivity index (χ4n) is 1.72. The van der Waals surface area contributed by atoms with Crippen molar-refractivity contribution in [3.05, 3.63) is 47.0 Å². The van der Waals surface area contributed by atoms with Crippen molar-refractivity contribution < 1.29 is 13.6 Å². The molecule has 3 heteroatoms. The van der Waals surface area contributed by atoms with Crippen LogP contribution in [0.1, 0.15) is 29.6 Å². The molecule has 0 aromatic heterocycles. The number of benzene rings is 1. The first-order chi connectivity index (χ1) is 7.18. The summed E-state index contributed by atoms with van der Waals surface area (Å²) in [6.45, 7) is 0. The first-order valence-corrected chi connectivity index (χ1v) is 4.87. The molecule has 0 saturated carbocycles. The van der Waals surface area contributed by atoms with Crippen LogP contribution in [0.2, 0.25) is 0 Å². The van der Waals surface area contributed by atoms with Gasteiger partial charge in [0.25, 0.3) is 0 Å². The maximum absolute atomic E-state index is 13.3. The van der Waals surface area contributed by atoms with Gasteiger partial charge in [0.2, 0.25) is 0 Å². The lowest BCUT2D eigenvalue weighted by Crippen LogP contribution is -2.04. The molecule has 0 atom stereocenters. The third-order valence-corrected chi connectivity index (χ3v) is 2.51. The van der Waals surface area contributed by atoms with Crippen molar-refractivity contribution in [2.24, 2.45) is 0 Å². The van der Waals surface area contributed by atoms with Gasteiger partial charge < -0.3 is 0 Å². The summed E-state index contributed by atoms with van der Waals surface area (Å²) < 4.78 is 25.9. The lowest BCUT2D eigenvalue weighted by Gasteiger charge is -2.02. The zero-order chi connectivity index (χ0) is 10.8. The fourth-order valence-corrected chi connectivity index (χ4v) is 1.72. The molecule has 0 fully saturated rings. The first kappa shape index (κ1) is 10.0.